The van der Waals surface area contributed by atoms with Crippen LogP contribution in [0.5, 0.6) is 0 Å². The number of ether oxygens (including phenoxy) is 2. The quantitative estimate of drug-likeness (QED) is 0.361. The number of carbonyl (C=O) groups is 1. The highest BCUT2D eigenvalue weighted by Gasteiger charge is 2.02. The Morgan fingerprint density at radius 1 is 1.40 bits per heavy atom. The monoisotopic (exact) mass is 211 g/mol. The molecule has 0 spiro atoms. The molecular weight excluding hydrogens is 194 g/mol. The lowest BCUT2D eigenvalue weighted by Crippen LogP contribution is -2.15. The minimum atomic E-state index is -0.398. The van der Waals surface area contributed by atoms with Crippen molar-refractivity contribution in [2.75, 3.05) is 26.4 Å². The highest BCUT2D eigenvalue weighted by molar-refractivity contribution is 5.91. The molecule has 2 N–H and O–H groups in total. The highest BCUT2D eigenvalue weighted by atomic mass is 16.5. The van der Waals surface area contributed by atoms with Gasteiger partial charge in [-0.15, -0.1) is 6.42 Å². The van der Waals surface area contributed by atoms with E-state index in [1.807, 2.05) is 0 Å². The van der Waals surface area contributed by atoms with E-state index in [-0.39, 0.29) is 0 Å². The van der Waals surface area contributed by atoms with E-state index in [0.29, 0.717) is 38.4 Å². The van der Waals surface area contributed by atoms with E-state index in [4.69, 9.17) is 21.6 Å². The van der Waals surface area contributed by atoms with Crippen molar-refractivity contribution in [1.29, 1.82) is 0 Å². The van der Waals surface area contributed by atoms with E-state index < -0.39 is 5.91 Å². The zero-order valence-corrected chi connectivity index (χ0v) is 8.99. The molecule has 0 heterocycles. The second kappa shape index (κ2) is 9.25. The molecule has 0 bridgehead atoms. The van der Waals surface area contributed by atoms with Crippen molar-refractivity contribution in [2.24, 2.45) is 5.73 Å². The maximum atomic E-state index is 10.8. The van der Waals surface area contributed by atoms with E-state index in [1.165, 1.54) is 0 Å². The van der Waals surface area contributed by atoms with Crippen molar-refractivity contribution >= 4 is 5.91 Å². The normalized spacial score (nSPS) is 11.1. The van der Waals surface area contributed by atoms with Gasteiger partial charge in [0, 0.05) is 12.0 Å². The zero-order chi connectivity index (χ0) is 11.5. The van der Waals surface area contributed by atoms with Crippen LogP contribution in [-0.4, -0.2) is 32.3 Å². The molecule has 0 aromatic heterocycles. The lowest BCUT2D eigenvalue weighted by Gasteiger charge is -2.04. The summed E-state index contributed by atoms with van der Waals surface area (Å²) in [5.74, 6) is 1.95. The summed E-state index contributed by atoms with van der Waals surface area (Å²) in [7, 11) is 0. The van der Waals surface area contributed by atoms with Crippen LogP contribution in [0.3, 0.4) is 0 Å². The first-order valence-electron chi connectivity index (χ1n) is 4.76. The van der Waals surface area contributed by atoms with Crippen molar-refractivity contribution in [3.05, 3.63) is 11.6 Å². The summed E-state index contributed by atoms with van der Waals surface area (Å²) in [5, 5.41) is 0. The Morgan fingerprint density at radius 3 is 2.60 bits per heavy atom. The number of hydrogen-bond acceptors (Lipinski definition) is 3. The fourth-order valence-electron chi connectivity index (χ4n) is 0.943. The van der Waals surface area contributed by atoms with Gasteiger partial charge < -0.3 is 15.2 Å². The van der Waals surface area contributed by atoms with Crippen LogP contribution in [0.1, 0.15) is 13.3 Å². The van der Waals surface area contributed by atoms with Crippen LogP contribution in [0, 0.1) is 12.3 Å². The molecule has 84 valence electrons. The fourth-order valence-corrected chi connectivity index (χ4v) is 0.943. The van der Waals surface area contributed by atoms with Gasteiger partial charge >= 0.3 is 0 Å². The number of hydrogen-bond donors (Lipinski definition) is 1. The number of allylic oxidation sites excluding steroid dienone is 1. The maximum Gasteiger partial charge on any atom is 0.244 e. The van der Waals surface area contributed by atoms with Gasteiger partial charge in [-0.1, -0.05) is 12.0 Å². The molecule has 0 aliphatic heterocycles. The van der Waals surface area contributed by atoms with Crippen LogP contribution in [0.4, 0.5) is 0 Å². The van der Waals surface area contributed by atoms with Crippen molar-refractivity contribution in [1.82, 2.24) is 0 Å². The first kappa shape index (κ1) is 13.7. The van der Waals surface area contributed by atoms with Gasteiger partial charge in [-0.3, -0.25) is 4.79 Å². The molecule has 0 saturated carbocycles. The molecule has 0 rings (SSSR count). The van der Waals surface area contributed by atoms with Crippen LogP contribution in [-0.2, 0) is 14.3 Å². The first-order chi connectivity index (χ1) is 7.22. The molecule has 4 heteroatoms. The van der Waals surface area contributed by atoms with Gasteiger partial charge in [0.2, 0.25) is 5.91 Å². The van der Waals surface area contributed by atoms with Gasteiger partial charge in [0.25, 0.3) is 0 Å². The summed E-state index contributed by atoms with van der Waals surface area (Å²) in [6, 6.07) is 0. The fraction of sp³-hybridized carbons (Fsp3) is 0.545. The van der Waals surface area contributed by atoms with E-state index in [2.05, 4.69) is 5.92 Å². The minimum Gasteiger partial charge on any atom is -0.379 e. The van der Waals surface area contributed by atoms with Gasteiger partial charge in [0.15, 0.2) is 0 Å². The average Bonchev–Trinajstić information content (AvgIpc) is 2.21. The Kier molecular flexibility index (Phi) is 8.44. The topological polar surface area (TPSA) is 61.6 Å². The molecule has 0 aliphatic carbocycles. The molecule has 0 fully saturated rings. The van der Waals surface area contributed by atoms with Gasteiger partial charge in [0.1, 0.15) is 6.61 Å². The van der Waals surface area contributed by atoms with E-state index in [1.54, 1.807) is 13.0 Å². The second-order valence-electron chi connectivity index (χ2n) is 2.80. The van der Waals surface area contributed by atoms with Crippen LogP contribution >= 0.6 is 0 Å². The number of amides is 1. The summed E-state index contributed by atoms with van der Waals surface area (Å²) in [4.78, 5) is 10.8. The lowest BCUT2D eigenvalue weighted by molar-refractivity contribution is -0.114. The number of nitrogens with two attached hydrogens (primary N) is 1. The molecule has 0 aromatic rings. The summed E-state index contributed by atoms with van der Waals surface area (Å²) in [6.45, 7) is 3.46. The standard InChI is InChI=1S/C11H17NO3/c1-3-6-14-8-9-15-7-5-10(4-2)11(12)13/h1,4H,5-9H2,2H3,(H2,12,13). The minimum absolute atomic E-state index is 0.296. The zero-order valence-electron chi connectivity index (χ0n) is 8.99. The van der Waals surface area contributed by atoms with E-state index >= 15 is 0 Å². The molecule has 0 radical (unpaired) electrons. The van der Waals surface area contributed by atoms with Crippen molar-refractivity contribution < 1.29 is 14.3 Å². The summed E-state index contributed by atoms with van der Waals surface area (Å²) in [5.41, 5.74) is 5.70. The summed E-state index contributed by atoms with van der Waals surface area (Å²) >= 11 is 0. The third kappa shape index (κ3) is 7.74. The van der Waals surface area contributed by atoms with Crippen LogP contribution in [0.15, 0.2) is 11.6 Å². The van der Waals surface area contributed by atoms with Gasteiger partial charge in [-0.25, -0.2) is 0 Å². The largest absolute Gasteiger partial charge is 0.379 e. The summed E-state index contributed by atoms with van der Waals surface area (Å²) < 4.78 is 10.2. The lowest BCUT2D eigenvalue weighted by atomic mass is 10.2. The van der Waals surface area contributed by atoms with Crippen LogP contribution in [0.2, 0.25) is 0 Å². The second-order valence-corrected chi connectivity index (χ2v) is 2.80. The Balaban J connectivity index is 3.39. The first-order valence-corrected chi connectivity index (χ1v) is 4.76. The SMILES string of the molecule is C#CCOCCOCCC(=CC)C(N)=O. The third-order valence-electron chi connectivity index (χ3n) is 1.74. The smallest absolute Gasteiger partial charge is 0.244 e. The molecular formula is C11H17NO3. The van der Waals surface area contributed by atoms with Crippen molar-refractivity contribution in [2.45, 2.75) is 13.3 Å². The molecule has 15 heavy (non-hydrogen) atoms. The van der Waals surface area contributed by atoms with Crippen LogP contribution in [0.25, 0.3) is 0 Å². The number of rotatable bonds is 8. The summed E-state index contributed by atoms with van der Waals surface area (Å²) in [6.07, 6.45) is 7.21. The predicted octanol–water partition coefficient (Wildman–Crippen LogP) is 0.475. The number of primary amides is 1. The van der Waals surface area contributed by atoms with Gasteiger partial charge in [-0.05, 0) is 6.92 Å². The van der Waals surface area contributed by atoms with E-state index in [9.17, 15) is 4.79 Å². The molecule has 0 unspecified atom stereocenters. The molecule has 0 aromatic carbocycles. The number of carbonyl (C=O) groups excluding carboxylic acids is 1. The molecule has 0 atom stereocenters. The third-order valence-corrected chi connectivity index (χ3v) is 1.74. The van der Waals surface area contributed by atoms with Gasteiger partial charge in [-0.2, -0.15) is 0 Å². The predicted molar refractivity (Wildman–Crippen MR) is 58.0 cm³/mol. The van der Waals surface area contributed by atoms with Crippen molar-refractivity contribution in [3.63, 3.8) is 0 Å². The van der Waals surface area contributed by atoms with Crippen LogP contribution < -0.4 is 5.73 Å². The number of terminal acetylenes is 1. The van der Waals surface area contributed by atoms with Gasteiger partial charge in [0.05, 0.1) is 19.8 Å². The Bertz CT molecular complexity index is 253. The highest BCUT2D eigenvalue weighted by Crippen LogP contribution is 1.99. The molecule has 0 aliphatic rings. The Labute approximate surface area is 90.4 Å². The molecule has 4 nitrogen and oxygen atoms in total. The average molecular weight is 211 g/mol. The Morgan fingerprint density at radius 2 is 2.07 bits per heavy atom. The molecule has 1 amide bonds. The molecule has 0 saturated heterocycles. The Hall–Kier alpha value is -1.31. The van der Waals surface area contributed by atoms with E-state index in [0.717, 1.165) is 0 Å². The maximum absolute atomic E-state index is 10.8. The van der Waals surface area contributed by atoms with Crippen molar-refractivity contribution in [3.8, 4) is 12.3 Å².